The molecule has 0 heterocycles. The number of carboxylic acid groups (broad SMARTS) is 1. The second-order valence-electron chi connectivity index (χ2n) is 7.09. The third kappa shape index (κ3) is 1.87. The maximum absolute atomic E-state index is 11.5. The van der Waals surface area contributed by atoms with E-state index in [0.717, 1.165) is 23.7 Å². The lowest BCUT2D eigenvalue weighted by atomic mass is 9.54. The second kappa shape index (κ2) is 4.22. The molecule has 4 fully saturated rings. The average molecular weight is 251 g/mol. The van der Waals surface area contributed by atoms with Crippen LogP contribution in [0.4, 0.5) is 0 Å². The first-order valence-electron chi connectivity index (χ1n) is 7.53. The van der Waals surface area contributed by atoms with E-state index in [1.807, 2.05) is 13.8 Å². The summed E-state index contributed by atoms with van der Waals surface area (Å²) in [6, 6.07) is 0.457. The van der Waals surface area contributed by atoms with Crippen molar-refractivity contribution in [3.63, 3.8) is 0 Å². The Morgan fingerprint density at radius 3 is 2.06 bits per heavy atom. The first-order valence-corrected chi connectivity index (χ1v) is 7.53. The van der Waals surface area contributed by atoms with Crippen molar-refractivity contribution >= 4 is 5.97 Å². The normalized spacial score (nSPS) is 44.9. The molecule has 1 unspecified atom stereocenters. The molecule has 4 bridgehead atoms. The van der Waals surface area contributed by atoms with E-state index in [-0.39, 0.29) is 0 Å². The summed E-state index contributed by atoms with van der Waals surface area (Å²) < 4.78 is 0. The summed E-state index contributed by atoms with van der Waals surface area (Å²) in [7, 11) is 0. The quantitative estimate of drug-likeness (QED) is 0.807. The van der Waals surface area contributed by atoms with Crippen LogP contribution in [0.15, 0.2) is 0 Å². The minimum Gasteiger partial charge on any atom is -0.480 e. The number of nitrogens with one attached hydrogen (secondary N) is 1. The van der Waals surface area contributed by atoms with Crippen LogP contribution in [0.5, 0.6) is 0 Å². The van der Waals surface area contributed by atoms with E-state index in [1.54, 1.807) is 0 Å². The van der Waals surface area contributed by atoms with Crippen molar-refractivity contribution < 1.29 is 9.90 Å². The molecule has 0 radical (unpaired) electrons. The Balaban J connectivity index is 1.75. The van der Waals surface area contributed by atoms with Gasteiger partial charge in [-0.05, 0) is 69.1 Å². The third-order valence-electron chi connectivity index (χ3n) is 5.89. The fourth-order valence-electron chi connectivity index (χ4n) is 4.84. The lowest BCUT2D eigenvalue weighted by Crippen LogP contribution is -2.62. The van der Waals surface area contributed by atoms with Crippen molar-refractivity contribution in [3.8, 4) is 0 Å². The molecule has 0 saturated heterocycles. The van der Waals surface area contributed by atoms with Crippen LogP contribution in [-0.4, -0.2) is 22.7 Å². The van der Waals surface area contributed by atoms with E-state index in [9.17, 15) is 9.90 Å². The Hall–Kier alpha value is -0.570. The van der Waals surface area contributed by atoms with Crippen molar-refractivity contribution in [2.45, 2.75) is 64.0 Å². The Morgan fingerprint density at radius 2 is 1.67 bits per heavy atom. The molecule has 1 atom stereocenters. The fourth-order valence-corrected chi connectivity index (χ4v) is 4.84. The van der Waals surface area contributed by atoms with Gasteiger partial charge in [0.15, 0.2) is 0 Å². The van der Waals surface area contributed by atoms with Crippen LogP contribution in [0, 0.1) is 23.7 Å². The standard InChI is InChI=1S/C15H25NO2/c1-3-15(2,14(17)18)16-13-11-5-9-4-10(7-11)8-12(13)6-9/h9-13,16H,3-8H2,1-2H3,(H,17,18). The number of rotatable bonds is 4. The largest absolute Gasteiger partial charge is 0.480 e. The van der Waals surface area contributed by atoms with Gasteiger partial charge in [-0.3, -0.25) is 10.1 Å². The summed E-state index contributed by atoms with van der Waals surface area (Å²) in [4.78, 5) is 11.5. The van der Waals surface area contributed by atoms with Gasteiger partial charge in [0.2, 0.25) is 0 Å². The zero-order chi connectivity index (χ0) is 12.9. The Bertz CT molecular complexity index is 326. The van der Waals surface area contributed by atoms with Crippen LogP contribution in [0.25, 0.3) is 0 Å². The molecule has 3 heteroatoms. The summed E-state index contributed by atoms with van der Waals surface area (Å²) in [5.74, 6) is 2.68. The van der Waals surface area contributed by atoms with Crippen molar-refractivity contribution in [1.29, 1.82) is 0 Å². The molecule has 4 rings (SSSR count). The highest BCUT2D eigenvalue weighted by Gasteiger charge is 2.50. The minimum absolute atomic E-state index is 0.457. The first kappa shape index (κ1) is 12.5. The molecule has 0 aromatic carbocycles. The van der Waals surface area contributed by atoms with Crippen LogP contribution in [0.3, 0.4) is 0 Å². The zero-order valence-corrected chi connectivity index (χ0v) is 11.5. The molecule has 4 saturated carbocycles. The van der Waals surface area contributed by atoms with E-state index in [4.69, 9.17) is 0 Å². The molecule has 2 N–H and O–H groups in total. The Labute approximate surface area is 109 Å². The van der Waals surface area contributed by atoms with E-state index in [2.05, 4.69) is 5.32 Å². The molecule has 0 aliphatic heterocycles. The van der Waals surface area contributed by atoms with Crippen molar-refractivity contribution in [3.05, 3.63) is 0 Å². The fraction of sp³-hybridized carbons (Fsp3) is 0.933. The number of hydrogen-bond donors (Lipinski definition) is 2. The van der Waals surface area contributed by atoms with Crippen LogP contribution in [0.2, 0.25) is 0 Å². The van der Waals surface area contributed by atoms with Crippen LogP contribution < -0.4 is 5.32 Å². The van der Waals surface area contributed by atoms with Crippen molar-refractivity contribution in [2.24, 2.45) is 23.7 Å². The van der Waals surface area contributed by atoms with Gasteiger partial charge < -0.3 is 5.11 Å². The molecule has 4 aliphatic carbocycles. The summed E-state index contributed by atoms with van der Waals surface area (Å²) in [6.07, 6.45) is 7.46. The molecule has 18 heavy (non-hydrogen) atoms. The molecular formula is C15H25NO2. The van der Waals surface area contributed by atoms with Crippen LogP contribution in [0.1, 0.15) is 52.4 Å². The van der Waals surface area contributed by atoms with Gasteiger partial charge in [-0.2, -0.15) is 0 Å². The summed E-state index contributed by atoms with van der Waals surface area (Å²) in [6.45, 7) is 3.82. The van der Waals surface area contributed by atoms with Crippen LogP contribution in [-0.2, 0) is 4.79 Å². The number of carbonyl (C=O) groups is 1. The van der Waals surface area contributed by atoms with E-state index in [1.165, 1.54) is 32.1 Å². The van der Waals surface area contributed by atoms with Crippen molar-refractivity contribution in [2.75, 3.05) is 0 Å². The summed E-state index contributed by atoms with van der Waals surface area (Å²) in [5.41, 5.74) is -0.736. The van der Waals surface area contributed by atoms with Crippen molar-refractivity contribution in [1.82, 2.24) is 5.32 Å². The van der Waals surface area contributed by atoms with Gasteiger partial charge in [-0.15, -0.1) is 0 Å². The smallest absolute Gasteiger partial charge is 0.323 e. The lowest BCUT2D eigenvalue weighted by molar-refractivity contribution is -0.146. The molecule has 4 aliphatic rings. The van der Waals surface area contributed by atoms with E-state index >= 15 is 0 Å². The minimum atomic E-state index is -0.736. The van der Waals surface area contributed by atoms with Gasteiger partial charge in [0.25, 0.3) is 0 Å². The molecule has 0 amide bonds. The highest BCUT2D eigenvalue weighted by molar-refractivity contribution is 5.78. The van der Waals surface area contributed by atoms with Gasteiger partial charge in [-0.25, -0.2) is 0 Å². The first-order chi connectivity index (χ1) is 8.51. The maximum Gasteiger partial charge on any atom is 0.323 e. The average Bonchev–Trinajstić information content (AvgIpc) is 2.32. The molecule has 102 valence electrons. The zero-order valence-electron chi connectivity index (χ0n) is 11.5. The summed E-state index contributed by atoms with van der Waals surface area (Å²) in [5, 5.41) is 12.9. The SMILES string of the molecule is CCC(C)(NC1C2CC3CC(C2)CC1C3)C(=O)O. The van der Waals surface area contributed by atoms with Gasteiger partial charge in [0.1, 0.15) is 5.54 Å². The van der Waals surface area contributed by atoms with Gasteiger partial charge in [0, 0.05) is 6.04 Å². The van der Waals surface area contributed by atoms with E-state index in [0.29, 0.717) is 12.5 Å². The number of carboxylic acids is 1. The monoisotopic (exact) mass is 251 g/mol. The highest BCUT2D eigenvalue weighted by atomic mass is 16.4. The number of aliphatic carboxylic acids is 1. The Morgan fingerprint density at radius 1 is 1.17 bits per heavy atom. The topological polar surface area (TPSA) is 49.3 Å². The summed E-state index contributed by atoms with van der Waals surface area (Å²) >= 11 is 0. The third-order valence-corrected chi connectivity index (χ3v) is 5.89. The predicted octanol–water partition coefficient (Wildman–Crippen LogP) is 2.65. The number of hydrogen-bond acceptors (Lipinski definition) is 2. The van der Waals surface area contributed by atoms with E-state index < -0.39 is 11.5 Å². The molecule has 0 aromatic rings. The molecule has 0 spiro atoms. The maximum atomic E-state index is 11.5. The van der Waals surface area contributed by atoms with Gasteiger partial charge >= 0.3 is 5.97 Å². The molecular weight excluding hydrogens is 226 g/mol. The predicted molar refractivity (Wildman–Crippen MR) is 70.3 cm³/mol. The molecule has 3 nitrogen and oxygen atoms in total. The Kier molecular flexibility index (Phi) is 2.92. The molecule has 0 aromatic heterocycles. The highest BCUT2D eigenvalue weighted by Crippen LogP contribution is 2.54. The lowest BCUT2D eigenvalue weighted by Gasteiger charge is -2.56. The van der Waals surface area contributed by atoms with Gasteiger partial charge in [-0.1, -0.05) is 6.92 Å². The second-order valence-corrected chi connectivity index (χ2v) is 7.09. The van der Waals surface area contributed by atoms with Crippen LogP contribution >= 0.6 is 0 Å². The van der Waals surface area contributed by atoms with Gasteiger partial charge in [0.05, 0.1) is 0 Å².